The second kappa shape index (κ2) is 9.23. The molecule has 190 valence electrons. The van der Waals surface area contributed by atoms with Crippen LogP contribution in [0.25, 0.3) is 0 Å². The first kappa shape index (κ1) is 24.8. The van der Waals surface area contributed by atoms with Crippen LogP contribution < -0.4 is 10.2 Å². The number of carbonyl (C=O) groups is 1. The maximum Gasteiger partial charge on any atom is 0.270 e. The van der Waals surface area contributed by atoms with E-state index in [1.165, 1.54) is 6.07 Å². The van der Waals surface area contributed by atoms with Crippen LogP contribution in [0.4, 0.5) is 14.5 Å². The molecule has 9 heteroatoms. The van der Waals surface area contributed by atoms with Crippen molar-refractivity contribution in [3.05, 3.63) is 76.4 Å². The van der Waals surface area contributed by atoms with Crippen molar-refractivity contribution >= 4 is 23.2 Å². The van der Waals surface area contributed by atoms with Gasteiger partial charge in [0.25, 0.3) is 11.8 Å². The molecule has 0 bridgehead atoms. The first-order valence-electron chi connectivity index (χ1n) is 12.3. The number of nitrogens with zero attached hydrogens (tertiary/aromatic N) is 4. The fourth-order valence-electron chi connectivity index (χ4n) is 5.51. The van der Waals surface area contributed by atoms with E-state index in [0.717, 1.165) is 31.3 Å². The maximum atomic E-state index is 14.7. The number of hydrogen-bond acceptors (Lipinski definition) is 4. The number of benzene rings is 2. The first-order chi connectivity index (χ1) is 17.1. The Bertz CT molecular complexity index is 1300. The highest BCUT2D eigenvalue weighted by atomic mass is 35.5. The Labute approximate surface area is 214 Å². The van der Waals surface area contributed by atoms with E-state index in [9.17, 15) is 13.6 Å². The largest absolute Gasteiger partial charge is 0.320 e. The number of aromatic nitrogens is 3. The molecule has 0 atom stereocenters. The highest BCUT2D eigenvalue weighted by Gasteiger charge is 2.49. The molecule has 5 rings (SSSR count). The minimum Gasteiger partial charge on any atom is -0.320 e. The van der Waals surface area contributed by atoms with Crippen LogP contribution in [0.5, 0.6) is 0 Å². The highest BCUT2D eigenvalue weighted by Crippen LogP contribution is 2.51. The molecule has 6 nitrogen and oxygen atoms in total. The number of anilines is 1. The monoisotopic (exact) mass is 513 g/mol. The summed E-state index contributed by atoms with van der Waals surface area (Å²) in [5, 5.41) is 11.7. The van der Waals surface area contributed by atoms with Gasteiger partial charge >= 0.3 is 0 Å². The molecular formula is C27H30ClF2N5O. The van der Waals surface area contributed by atoms with E-state index < -0.39 is 11.3 Å². The summed E-state index contributed by atoms with van der Waals surface area (Å²) in [6, 6.07) is 11.0. The molecule has 1 aliphatic heterocycles. The van der Waals surface area contributed by atoms with Crippen molar-refractivity contribution in [1.82, 2.24) is 20.1 Å². The van der Waals surface area contributed by atoms with Crippen LogP contribution in [-0.4, -0.2) is 32.6 Å². The zero-order chi connectivity index (χ0) is 25.7. The molecule has 1 fully saturated rings. The zero-order valence-corrected chi connectivity index (χ0v) is 21.4. The van der Waals surface area contributed by atoms with Crippen molar-refractivity contribution in [3.63, 3.8) is 0 Å². The van der Waals surface area contributed by atoms with Crippen LogP contribution >= 0.6 is 11.6 Å². The predicted molar refractivity (Wildman–Crippen MR) is 136 cm³/mol. The Kier molecular flexibility index (Phi) is 6.37. The van der Waals surface area contributed by atoms with E-state index in [-0.39, 0.29) is 23.4 Å². The third kappa shape index (κ3) is 4.20. The Morgan fingerprint density at radius 3 is 2.67 bits per heavy atom. The van der Waals surface area contributed by atoms with Crippen molar-refractivity contribution in [1.29, 1.82) is 0 Å². The van der Waals surface area contributed by atoms with E-state index in [0.29, 0.717) is 41.8 Å². The molecule has 1 N–H and O–H groups in total. The predicted octanol–water partition coefficient (Wildman–Crippen LogP) is 5.27. The van der Waals surface area contributed by atoms with E-state index in [4.69, 9.17) is 11.6 Å². The number of fused-ring (bicyclic) bond motifs is 1. The van der Waals surface area contributed by atoms with Gasteiger partial charge in [-0.05, 0) is 66.8 Å². The van der Waals surface area contributed by atoms with Crippen molar-refractivity contribution in [2.75, 3.05) is 11.4 Å². The number of hydrogen-bond donors (Lipinski definition) is 1. The summed E-state index contributed by atoms with van der Waals surface area (Å²) in [6.07, 6.45) is 4.02. The van der Waals surface area contributed by atoms with Crippen molar-refractivity contribution in [2.45, 2.75) is 62.9 Å². The second-order valence-electron chi connectivity index (χ2n) is 10.0. The summed E-state index contributed by atoms with van der Waals surface area (Å²) in [4.78, 5) is 15.1. The molecule has 2 aromatic carbocycles. The molecule has 0 saturated heterocycles. The number of carbonyl (C=O) groups excluding carboxylic acids is 1. The Balaban J connectivity index is 1.51. The van der Waals surface area contributed by atoms with Crippen LogP contribution in [0.15, 0.2) is 42.7 Å². The first-order valence-corrected chi connectivity index (χ1v) is 12.7. The normalized spacial score (nSPS) is 21.6. The number of amides is 1. The van der Waals surface area contributed by atoms with E-state index in [1.807, 2.05) is 42.8 Å². The van der Waals surface area contributed by atoms with Crippen molar-refractivity contribution in [2.24, 2.45) is 7.05 Å². The Hall–Kier alpha value is -2.84. The number of halogens is 3. The summed E-state index contributed by atoms with van der Waals surface area (Å²) < 4.78 is 31.2. The molecular weight excluding hydrogens is 484 g/mol. The van der Waals surface area contributed by atoms with Gasteiger partial charge in [0.2, 0.25) is 0 Å². The van der Waals surface area contributed by atoms with Gasteiger partial charge in [-0.15, -0.1) is 21.8 Å². The van der Waals surface area contributed by atoms with Gasteiger partial charge in [0.05, 0.1) is 12.0 Å². The summed E-state index contributed by atoms with van der Waals surface area (Å²) in [6.45, 7) is 4.25. The van der Waals surface area contributed by atoms with Crippen molar-refractivity contribution < 1.29 is 13.6 Å². The Morgan fingerprint density at radius 1 is 1.25 bits per heavy atom. The van der Waals surface area contributed by atoms with Crippen LogP contribution in [0.2, 0.25) is 0 Å². The van der Waals surface area contributed by atoms with Gasteiger partial charge in [0.15, 0.2) is 0 Å². The standard InChI is InChI=1S/C27H30ClF2N5O/c1-4-8-31-14-17-9-21-22(23(10-17)26(2,29)30)15-35(24(21)36)20-7-5-6-18(11-20)27(12-19(28)13-27)25-33-32-16-34(25)3/h5-7,9-11,16,19,31H,4,8,12-15H2,1-3H3. The van der Waals surface area contributed by atoms with Crippen LogP contribution in [0.3, 0.4) is 0 Å². The molecule has 1 aromatic heterocycles. The van der Waals surface area contributed by atoms with Crippen LogP contribution in [0.1, 0.15) is 71.5 Å². The molecule has 0 unspecified atom stereocenters. The van der Waals surface area contributed by atoms with Gasteiger partial charge in [0.1, 0.15) is 12.2 Å². The topological polar surface area (TPSA) is 63.0 Å². The summed E-state index contributed by atoms with van der Waals surface area (Å²) >= 11 is 6.43. The lowest BCUT2D eigenvalue weighted by Gasteiger charge is -2.44. The molecule has 2 aliphatic rings. The van der Waals surface area contributed by atoms with Gasteiger partial charge in [-0.2, -0.15) is 0 Å². The number of aryl methyl sites for hydroxylation is 1. The smallest absolute Gasteiger partial charge is 0.270 e. The zero-order valence-electron chi connectivity index (χ0n) is 20.7. The van der Waals surface area contributed by atoms with Gasteiger partial charge in [0, 0.05) is 42.7 Å². The molecule has 1 amide bonds. The van der Waals surface area contributed by atoms with E-state index in [2.05, 4.69) is 15.5 Å². The molecule has 3 aromatic rings. The van der Waals surface area contributed by atoms with Crippen molar-refractivity contribution in [3.8, 4) is 0 Å². The fourth-order valence-corrected chi connectivity index (χ4v) is 6.04. The average molecular weight is 514 g/mol. The van der Waals surface area contributed by atoms with Crippen LogP contribution in [-0.2, 0) is 31.5 Å². The Morgan fingerprint density at radius 2 is 2.03 bits per heavy atom. The SMILES string of the molecule is CCCNCc1cc2c(c(C(C)(F)F)c1)CN(c1cccc(C3(c4nncn4C)CC(Cl)C3)c1)C2=O. The maximum absolute atomic E-state index is 14.7. The third-order valence-corrected chi connectivity index (χ3v) is 7.63. The summed E-state index contributed by atoms with van der Waals surface area (Å²) in [5.74, 6) is -2.49. The number of alkyl halides is 3. The van der Waals surface area contributed by atoms with Crippen LogP contribution in [0, 0.1) is 0 Å². The van der Waals surface area contributed by atoms with Gasteiger partial charge in [-0.1, -0.05) is 19.1 Å². The van der Waals surface area contributed by atoms with E-state index in [1.54, 1.807) is 17.3 Å². The third-order valence-electron chi connectivity index (χ3n) is 7.32. The minimum absolute atomic E-state index is 0.0251. The molecule has 36 heavy (non-hydrogen) atoms. The van der Waals surface area contributed by atoms with Gasteiger partial charge < -0.3 is 14.8 Å². The number of rotatable bonds is 8. The molecule has 0 spiro atoms. The summed E-state index contributed by atoms with van der Waals surface area (Å²) in [5.41, 5.74) is 2.60. The lowest BCUT2D eigenvalue weighted by atomic mass is 9.63. The average Bonchev–Trinajstić information content (AvgIpc) is 3.39. The molecule has 2 heterocycles. The lowest BCUT2D eigenvalue weighted by Crippen LogP contribution is -2.45. The second-order valence-corrected chi connectivity index (χ2v) is 10.6. The quantitative estimate of drug-likeness (QED) is 0.329. The molecule has 1 aliphatic carbocycles. The van der Waals surface area contributed by atoms with Gasteiger partial charge in [-0.25, -0.2) is 8.78 Å². The highest BCUT2D eigenvalue weighted by molar-refractivity contribution is 6.21. The number of nitrogens with one attached hydrogen (secondary N) is 1. The summed E-state index contributed by atoms with van der Waals surface area (Å²) in [7, 11) is 1.91. The van der Waals surface area contributed by atoms with Gasteiger partial charge in [-0.3, -0.25) is 4.79 Å². The fraction of sp³-hybridized carbons (Fsp3) is 0.444. The lowest BCUT2D eigenvalue weighted by molar-refractivity contribution is 0.0165. The minimum atomic E-state index is -3.06. The van der Waals surface area contributed by atoms with E-state index >= 15 is 0 Å². The molecule has 0 radical (unpaired) electrons. The molecule has 1 saturated carbocycles.